The Morgan fingerprint density at radius 3 is 2.50 bits per heavy atom. The molecular formula is C9H22O2Si. The lowest BCUT2D eigenvalue weighted by Crippen LogP contribution is -2.13. The summed E-state index contributed by atoms with van der Waals surface area (Å²) in [6.07, 6.45) is 5.07. The van der Waals surface area contributed by atoms with E-state index >= 15 is 0 Å². The van der Waals surface area contributed by atoms with Crippen LogP contribution in [0.5, 0.6) is 0 Å². The highest BCUT2D eigenvalue weighted by molar-refractivity contribution is 5.97. The third kappa shape index (κ3) is 6.82. The van der Waals surface area contributed by atoms with E-state index in [2.05, 4.69) is 13.8 Å². The first-order valence-electron chi connectivity index (χ1n) is 4.95. The molecule has 0 amide bonds. The molecule has 0 fully saturated rings. The van der Waals surface area contributed by atoms with Crippen molar-refractivity contribution in [2.24, 2.45) is 0 Å². The van der Waals surface area contributed by atoms with Crippen molar-refractivity contribution in [2.75, 3.05) is 13.2 Å². The third-order valence-corrected chi connectivity index (χ3v) is 2.32. The highest BCUT2D eigenvalue weighted by Crippen LogP contribution is 2.06. The minimum Gasteiger partial charge on any atom is -0.428 e. The maximum Gasteiger partial charge on any atom is 0.145 e. The molecule has 3 heteroatoms. The smallest absolute Gasteiger partial charge is 0.145 e. The van der Waals surface area contributed by atoms with Crippen LogP contribution in [-0.2, 0) is 9.16 Å². The van der Waals surface area contributed by atoms with Crippen LogP contribution in [0.4, 0.5) is 0 Å². The van der Waals surface area contributed by atoms with Crippen LogP contribution in [0, 0.1) is 0 Å². The Balaban J connectivity index is 3.19. The molecule has 0 heterocycles. The lowest BCUT2D eigenvalue weighted by atomic mass is 10.2. The number of ether oxygens (including phenoxy) is 1. The molecule has 0 rings (SSSR count). The molecule has 1 atom stereocenters. The lowest BCUT2D eigenvalue weighted by Gasteiger charge is -2.14. The maximum atomic E-state index is 5.67. The highest BCUT2D eigenvalue weighted by atomic mass is 28.2. The fourth-order valence-corrected chi connectivity index (χ4v) is 1.47. The van der Waals surface area contributed by atoms with Gasteiger partial charge in [-0.25, -0.2) is 0 Å². The van der Waals surface area contributed by atoms with Crippen LogP contribution in [0.3, 0.4) is 0 Å². The molecule has 0 spiro atoms. The first-order valence-corrected chi connectivity index (χ1v) is 5.77. The van der Waals surface area contributed by atoms with Gasteiger partial charge in [-0.05, 0) is 19.3 Å². The van der Waals surface area contributed by atoms with Crippen LogP contribution < -0.4 is 0 Å². The fraction of sp³-hybridized carbons (Fsp3) is 1.00. The van der Waals surface area contributed by atoms with Crippen molar-refractivity contribution in [3.8, 4) is 0 Å². The van der Waals surface area contributed by atoms with Crippen LogP contribution in [0.1, 0.15) is 39.5 Å². The van der Waals surface area contributed by atoms with Crippen LogP contribution >= 0.6 is 0 Å². The van der Waals surface area contributed by atoms with Gasteiger partial charge in [-0.15, -0.1) is 0 Å². The van der Waals surface area contributed by atoms with Gasteiger partial charge in [-0.3, -0.25) is 0 Å². The normalized spacial score (nSPS) is 13.5. The van der Waals surface area contributed by atoms with Crippen molar-refractivity contribution < 1.29 is 9.16 Å². The highest BCUT2D eigenvalue weighted by Gasteiger charge is 2.03. The van der Waals surface area contributed by atoms with Gasteiger partial charge in [0.25, 0.3) is 0 Å². The van der Waals surface area contributed by atoms with E-state index in [1.165, 1.54) is 12.8 Å². The van der Waals surface area contributed by atoms with Gasteiger partial charge in [0.2, 0.25) is 0 Å². The quantitative estimate of drug-likeness (QED) is 0.424. The summed E-state index contributed by atoms with van der Waals surface area (Å²) in [6.45, 7) is 6.12. The molecule has 0 aliphatic carbocycles. The van der Waals surface area contributed by atoms with E-state index in [0.29, 0.717) is 6.10 Å². The van der Waals surface area contributed by atoms with Crippen molar-refractivity contribution in [1.29, 1.82) is 0 Å². The van der Waals surface area contributed by atoms with Crippen molar-refractivity contribution in [3.63, 3.8) is 0 Å². The number of rotatable bonds is 8. The monoisotopic (exact) mass is 190 g/mol. The first-order chi connectivity index (χ1) is 5.85. The minimum absolute atomic E-state index is 0.476. The Bertz CT molecular complexity index is 88.6. The molecule has 0 saturated heterocycles. The van der Waals surface area contributed by atoms with Gasteiger partial charge in [0.05, 0.1) is 6.10 Å². The van der Waals surface area contributed by atoms with E-state index in [1.807, 2.05) is 0 Å². The molecule has 0 radical (unpaired) electrons. The van der Waals surface area contributed by atoms with Gasteiger partial charge in [0.1, 0.15) is 10.5 Å². The van der Waals surface area contributed by atoms with E-state index in [0.717, 1.165) is 36.5 Å². The summed E-state index contributed by atoms with van der Waals surface area (Å²) in [4.78, 5) is 0. The standard InChI is InChI=1S/C9H22O2Si/c1-3-6-9(4-2)10-7-5-8-11-12/h9H,3-8H2,1-2,12H3. The fourth-order valence-electron chi connectivity index (χ4n) is 1.18. The zero-order valence-electron chi connectivity index (χ0n) is 8.64. The van der Waals surface area contributed by atoms with Crippen molar-refractivity contribution in [1.82, 2.24) is 0 Å². The predicted octanol–water partition coefficient (Wildman–Crippen LogP) is 1.27. The molecule has 0 N–H and O–H groups in total. The lowest BCUT2D eigenvalue weighted by molar-refractivity contribution is 0.0380. The second-order valence-corrected chi connectivity index (χ2v) is 3.61. The van der Waals surface area contributed by atoms with E-state index in [1.54, 1.807) is 0 Å². The molecule has 0 aromatic rings. The summed E-state index contributed by atoms with van der Waals surface area (Å²) >= 11 is 0. The molecule has 2 nitrogen and oxygen atoms in total. The van der Waals surface area contributed by atoms with Crippen molar-refractivity contribution >= 4 is 10.5 Å². The van der Waals surface area contributed by atoms with Crippen LogP contribution in [0.2, 0.25) is 0 Å². The average molecular weight is 190 g/mol. The number of hydrogen-bond donors (Lipinski definition) is 0. The van der Waals surface area contributed by atoms with Gasteiger partial charge in [-0.2, -0.15) is 0 Å². The van der Waals surface area contributed by atoms with E-state index in [9.17, 15) is 0 Å². The Morgan fingerprint density at radius 2 is 2.00 bits per heavy atom. The predicted molar refractivity (Wildman–Crippen MR) is 55.4 cm³/mol. The second kappa shape index (κ2) is 9.23. The van der Waals surface area contributed by atoms with E-state index in [4.69, 9.17) is 9.16 Å². The van der Waals surface area contributed by atoms with E-state index in [-0.39, 0.29) is 0 Å². The SMILES string of the molecule is CCCC(CC)OCCCO[SiH3]. The number of hydrogen-bond acceptors (Lipinski definition) is 2. The molecule has 74 valence electrons. The van der Waals surface area contributed by atoms with Gasteiger partial charge in [0.15, 0.2) is 0 Å². The van der Waals surface area contributed by atoms with Crippen LogP contribution in [-0.4, -0.2) is 29.8 Å². The summed E-state index contributed by atoms with van der Waals surface area (Å²) < 4.78 is 10.7. The molecule has 12 heavy (non-hydrogen) atoms. The summed E-state index contributed by atoms with van der Waals surface area (Å²) in [5.74, 6) is 0. The molecule has 0 aromatic carbocycles. The molecule has 0 aliphatic heterocycles. The van der Waals surface area contributed by atoms with Crippen molar-refractivity contribution in [3.05, 3.63) is 0 Å². The Morgan fingerprint density at radius 1 is 1.25 bits per heavy atom. The average Bonchev–Trinajstić information content (AvgIpc) is 2.10. The van der Waals surface area contributed by atoms with Gasteiger partial charge >= 0.3 is 0 Å². The van der Waals surface area contributed by atoms with E-state index < -0.39 is 0 Å². The van der Waals surface area contributed by atoms with Crippen LogP contribution in [0.25, 0.3) is 0 Å². The molecule has 0 saturated carbocycles. The van der Waals surface area contributed by atoms with Gasteiger partial charge in [-0.1, -0.05) is 20.3 Å². The summed E-state index contributed by atoms with van der Waals surface area (Å²) in [5, 5.41) is 0. The Labute approximate surface area is 79.2 Å². The largest absolute Gasteiger partial charge is 0.428 e. The molecular weight excluding hydrogens is 168 g/mol. The van der Waals surface area contributed by atoms with Crippen molar-refractivity contribution in [2.45, 2.75) is 45.6 Å². The molecule has 0 aliphatic rings. The molecule has 0 bridgehead atoms. The topological polar surface area (TPSA) is 18.5 Å². The zero-order chi connectivity index (χ0) is 9.23. The molecule has 1 unspecified atom stereocenters. The van der Waals surface area contributed by atoms with Gasteiger partial charge in [0, 0.05) is 13.2 Å². The van der Waals surface area contributed by atoms with Gasteiger partial charge < -0.3 is 9.16 Å². The summed E-state index contributed by atoms with van der Waals surface area (Å²) in [6, 6.07) is 0. The Kier molecular flexibility index (Phi) is 9.33. The molecule has 0 aromatic heterocycles. The zero-order valence-corrected chi connectivity index (χ0v) is 10.6. The van der Waals surface area contributed by atoms with Crippen LogP contribution in [0.15, 0.2) is 0 Å². The second-order valence-electron chi connectivity index (χ2n) is 3.04. The maximum absolute atomic E-state index is 5.67. The summed E-state index contributed by atoms with van der Waals surface area (Å²) in [5.41, 5.74) is 0. The summed E-state index contributed by atoms with van der Waals surface area (Å²) in [7, 11) is 0.849. The Hall–Kier alpha value is 0.137. The first kappa shape index (κ1) is 12.1. The minimum atomic E-state index is 0.476. The third-order valence-electron chi connectivity index (χ3n) is 1.91.